The number of anilines is 1. The summed E-state index contributed by atoms with van der Waals surface area (Å²) in [6.45, 7) is 0. The minimum atomic E-state index is -4.57. The van der Waals surface area contributed by atoms with Gasteiger partial charge in [0.1, 0.15) is 5.75 Å². The Balaban J connectivity index is 1.79. The Morgan fingerprint density at radius 2 is 1.81 bits per heavy atom. The topological polar surface area (TPSA) is 38.3 Å². The molecule has 0 unspecified atom stereocenters. The third-order valence-corrected chi connectivity index (χ3v) is 4.63. The van der Waals surface area contributed by atoms with Gasteiger partial charge in [-0.2, -0.15) is 13.2 Å². The van der Waals surface area contributed by atoms with Gasteiger partial charge in [-0.05, 0) is 47.3 Å². The normalized spacial score (nSPS) is 11.2. The first-order valence-electron chi connectivity index (χ1n) is 7.59. The number of hydrogen-bond acceptors (Lipinski definition) is 3. The number of methoxy groups -OCH3 is 1. The fourth-order valence-corrected chi connectivity index (χ4v) is 3.17. The quantitative estimate of drug-likeness (QED) is 0.634. The predicted molar refractivity (Wildman–Crippen MR) is 95.7 cm³/mol. The Bertz CT molecular complexity index is 904. The molecule has 0 saturated heterocycles. The van der Waals surface area contributed by atoms with Gasteiger partial charge >= 0.3 is 6.18 Å². The molecule has 1 amide bonds. The molecular weight excluding hydrogens is 363 g/mol. The van der Waals surface area contributed by atoms with Crippen molar-refractivity contribution in [1.82, 2.24) is 0 Å². The minimum Gasteiger partial charge on any atom is -0.496 e. The zero-order valence-corrected chi connectivity index (χ0v) is 14.4. The molecule has 3 rings (SSSR count). The number of rotatable bonds is 4. The predicted octanol–water partition coefficient (Wildman–Crippen LogP) is 5.69. The summed E-state index contributed by atoms with van der Waals surface area (Å²) in [6.07, 6.45) is -4.57. The number of alkyl halides is 3. The van der Waals surface area contributed by atoms with Crippen molar-refractivity contribution >= 4 is 22.9 Å². The fraction of sp³-hybridized carbons (Fsp3) is 0.105. The number of thiophene rings is 1. The van der Waals surface area contributed by atoms with E-state index in [4.69, 9.17) is 4.74 Å². The van der Waals surface area contributed by atoms with Gasteiger partial charge in [0.2, 0.25) is 0 Å². The highest BCUT2D eigenvalue weighted by atomic mass is 32.1. The minimum absolute atomic E-state index is 0.0467. The van der Waals surface area contributed by atoms with Gasteiger partial charge < -0.3 is 10.1 Å². The molecule has 1 N–H and O–H groups in total. The maximum atomic E-state index is 13.1. The molecule has 1 heterocycles. The number of benzene rings is 2. The lowest BCUT2D eigenvalue weighted by atomic mass is 10.1. The Morgan fingerprint density at radius 1 is 1.08 bits per heavy atom. The first-order chi connectivity index (χ1) is 12.4. The lowest BCUT2D eigenvalue weighted by Crippen LogP contribution is -2.13. The average Bonchev–Trinajstić information content (AvgIpc) is 3.15. The van der Waals surface area contributed by atoms with Gasteiger partial charge in [-0.1, -0.05) is 18.2 Å². The van der Waals surface area contributed by atoms with Crippen molar-refractivity contribution < 1.29 is 22.7 Å². The van der Waals surface area contributed by atoms with Crippen LogP contribution in [0.25, 0.3) is 10.4 Å². The van der Waals surface area contributed by atoms with Crippen LogP contribution in [0.5, 0.6) is 5.75 Å². The number of carbonyl (C=O) groups is 1. The molecule has 0 aliphatic carbocycles. The standard InChI is InChI=1S/C19H14F3NO2S/c1-25-16-9-8-14(11-15(16)19(20,21)22)23-18(24)13-6-4-12(5-7-13)17-3-2-10-26-17/h2-11H,1H3,(H,23,24). The van der Waals surface area contributed by atoms with Crippen LogP contribution in [0.2, 0.25) is 0 Å². The maximum absolute atomic E-state index is 13.1. The SMILES string of the molecule is COc1ccc(NC(=O)c2ccc(-c3cccs3)cc2)cc1C(F)(F)F. The lowest BCUT2D eigenvalue weighted by Gasteiger charge is -2.14. The summed E-state index contributed by atoms with van der Waals surface area (Å²) >= 11 is 1.58. The summed E-state index contributed by atoms with van der Waals surface area (Å²) in [6, 6.07) is 14.2. The molecule has 26 heavy (non-hydrogen) atoms. The zero-order valence-electron chi connectivity index (χ0n) is 13.6. The van der Waals surface area contributed by atoms with E-state index in [-0.39, 0.29) is 11.4 Å². The Labute approximate surface area is 152 Å². The van der Waals surface area contributed by atoms with Crippen LogP contribution < -0.4 is 10.1 Å². The van der Waals surface area contributed by atoms with Crippen LogP contribution in [0.3, 0.4) is 0 Å². The van der Waals surface area contributed by atoms with Crippen LogP contribution in [0.15, 0.2) is 60.0 Å². The molecule has 7 heteroatoms. The van der Waals surface area contributed by atoms with E-state index in [1.165, 1.54) is 12.1 Å². The molecule has 3 nitrogen and oxygen atoms in total. The smallest absolute Gasteiger partial charge is 0.420 e. The van der Waals surface area contributed by atoms with Gasteiger partial charge in [-0.25, -0.2) is 0 Å². The second-order valence-electron chi connectivity index (χ2n) is 5.42. The van der Waals surface area contributed by atoms with Crippen LogP contribution in [0.4, 0.5) is 18.9 Å². The van der Waals surface area contributed by atoms with Crippen molar-refractivity contribution in [2.45, 2.75) is 6.18 Å². The Morgan fingerprint density at radius 3 is 2.38 bits per heavy atom. The molecule has 0 radical (unpaired) electrons. The Hall–Kier alpha value is -2.80. The van der Waals surface area contributed by atoms with Gasteiger partial charge in [0.15, 0.2) is 0 Å². The number of ether oxygens (including phenoxy) is 1. The van der Waals surface area contributed by atoms with Gasteiger partial charge in [-0.15, -0.1) is 11.3 Å². The maximum Gasteiger partial charge on any atom is 0.420 e. The van der Waals surface area contributed by atoms with Crippen molar-refractivity contribution in [3.8, 4) is 16.2 Å². The van der Waals surface area contributed by atoms with Crippen LogP contribution in [-0.2, 0) is 6.18 Å². The van der Waals surface area contributed by atoms with E-state index >= 15 is 0 Å². The molecule has 1 aromatic heterocycles. The van der Waals surface area contributed by atoms with Crippen LogP contribution in [0.1, 0.15) is 15.9 Å². The average molecular weight is 377 g/mol. The van der Waals surface area contributed by atoms with Gasteiger partial charge in [0.25, 0.3) is 5.91 Å². The zero-order chi connectivity index (χ0) is 18.7. The molecule has 0 fully saturated rings. The molecule has 0 aliphatic heterocycles. The van der Waals surface area contributed by atoms with Crippen molar-refractivity contribution in [2.24, 2.45) is 0 Å². The first kappa shape index (κ1) is 18.0. The van der Waals surface area contributed by atoms with E-state index in [1.807, 2.05) is 17.5 Å². The number of nitrogens with one attached hydrogen (secondary N) is 1. The van der Waals surface area contributed by atoms with Crippen molar-refractivity contribution in [3.05, 3.63) is 71.1 Å². The van der Waals surface area contributed by atoms with E-state index < -0.39 is 17.6 Å². The van der Waals surface area contributed by atoms with Crippen molar-refractivity contribution in [3.63, 3.8) is 0 Å². The second-order valence-corrected chi connectivity index (χ2v) is 6.37. The summed E-state index contributed by atoms with van der Waals surface area (Å²) in [7, 11) is 1.16. The van der Waals surface area contributed by atoms with Gasteiger partial charge in [0.05, 0.1) is 12.7 Å². The summed E-state index contributed by atoms with van der Waals surface area (Å²) in [5.74, 6) is -0.781. The molecule has 134 valence electrons. The van der Waals surface area contributed by atoms with E-state index in [0.29, 0.717) is 5.56 Å². The van der Waals surface area contributed by atoms with E-state index in [2.05, 4.69) is 5.32 Å². The van der Waals surface area contributed by atoms with E-state index in [0.717, 1.165) is 23.6 Å². The van der Waals surface area contributed by atoms with Crippen LogP contribution in [-0.4, -0.2) is 13.0 Å². The van der Waals surface area contributed by atoms with Crippen LogP contribution >= 0.6 is 11.3 Å². The third-order valence-electron chi connectivity index (χ3n) is 3.72. The summed E-state index contributed by atoms with van der Waals surface area (Å²) in [5, 5.41) is 4.44. The molecular formula is C19H14F3NO2S. The van der Waals surface area contributed by atoms with Crippen LogP contribution in [0, 0.1) is 0 Å². The Kier molecular flexibility index (Phi) is 4.99. The monoisotopic (exact) mass is 377 g/mol. The van der Waals surface area contributed by atoms with E-state index in [9.17, 15) is 18.0 Å². The van der Waals surface area contributed by atoms with Gasteiger partial charge in [-0.3, -0.25) is 4.79 Å². The molecule has 0 saturated carbocycles. The highest BCUT2D eigenvalue weighted by Gasteiger charge is 2.34. The first-order valence-corrected chi connectivity index (χ1v) is 8.47. The number of hydrogen-bond donors (Lipinski definition) is 1. The lowest BCUT2D eigenvalue weighted by molar-refractivity contribution is -0.138. The summed E-state index contributed by atoms with van der Waals surface area (Å²) in [4.78, 5) is 13.4. The van der Waals surface area contributed by atoms with Gasteiger partial charge in [0, 0.05) is 16.1 Å². The fourth-order valence-electron chi connectivity index (χ4n) is 2.44. The largest absolute Gasteiger partial charge is 0.496 e. The molecule has 0 atom stereocenters. The molecule has 0 spiro atoms. The van der Waals surface area contributed by atoms with E-state index in [1.54, 1.807) is 35.6 Å². The van der Waals surface area contributed by atoms with Crippen molar-refractivity contribution in [1.29, 1.82) is 0 Å². The number of carbonyl (C=O) groups excluding carboxylic acids is 1. The summed E-state index contributed by atoms with van der Waals surface area (Å²) in [5.41, 5.74) is 0.436. The molecule has 0 bridgehead atoms. The van der Waals surface area contributed by atoms with Crippen molar-refractivity contribution in [2.75, 3.05) is 12.4 Å². The molecule has 0 aliphatic rings. The highest BCUT2D eigenvalue weighted by molar-refractivity contribution is 7.13. The molecule has 2 aromatic carbocycles. The molecule has 3 aromatic rings. The second kappa shape index (κ2) is 7.21. The highest BCUT2D eigenvalue weighted by Crippen LogP contribution is 2.37. The summed E-state index contributed by atoms with van der Waals surface area (Å²) < 4.78 is 43.9. The number of amides is 1. The third kappa shape index (κ3) is 3.88. The number of halogens is 3.